The molecule has 2 aliphatic rings. The van der Waals surface area contributed by atoms with E-state index in [0.29, 0.717) is 0 Å². The number of halogens is 1. The van der Waals surface area contributed by atoms with E-state index in [1.165, 1.54) is 110 Å². The molecular weight excluding hydrogens is 692 g/mol. The van der Waals surface area contributed by atoms with E-state index in [1.807, 2.05) is 0 Å². The number of rotatable bonds is 9. The Bertz CT molecular complexity index is 2090. The van der Waals surface area contributed by atoms with E-state index in [-0.39, 0.29) is 16.2 Å². The fourth-order valence-electron chi connectivity index (χ4n) is 9.23. The van der Waals surface area contributed by atoms with Crippen LogP contribution in [0.5, 0.6) is 0 Å². The zero-order valence-electron chi connectivity index (χ0n) is 33.1. The second-order valence-corrected chi connectivity index (χ2v) is 18.9. The fourth-order valence-corrected chi connectivity index (χ4v) is 9.59. The highest BCUT2D eigenvalue weighted by atomic mass is 79.9. The number of fused-ring (bicyclic) bond motifs is 6. The Morgan fingerprint density at radius 2 is 1.06 bits per heavy atom. The molecule has 0 nitrogen and oxygen atoms in total. The molecule has 1 heteroatoms. The van der Waals surface area contributed by atoms with Crippen molar-refractivity contribution in [1.82, 2.24) is 0 Å². The molecule has 52 heavy (non-hydrogen) atoms. The molecule has 268 valence electrons. The van der Waals surface area contributed by atoms with E-state index < -0.39 is 5.41 Å². The molecule has 7 rings (SSSR count). The fraction of sp³-hybridized carbons (Fsp3) is 0.373. The highest BCUT2D eigenvalue weighted by molar-refractivity contribution is 9.10. The number of hydrogen-bond acceptors (Lipinski definition) is 0. The Kier molecular flexibility index (Phi) is 9.39. The van der Waals surface area contributed by atoms with E-state index in [4.69, 9.17) is 6.58 Å². The summed E-state index contributed by atoms with van der Waals surface area (Å²) in [6.07, 6.45) is 7.42. The number of unbranched alkanes of at least 4 members (excludes halogenated alkanes) is 4. The van der Waals surface area contributed by atoms with Crippen molar-refractivity contribution in [1.29, 1.82) is 0 Å². The van der Waals surface area contributed by atoms with Gasteiger partial charge in [-0.3, -0.25) is 0 Å². The largest absolute Gasteiger partial charge is 0.0986 e. The zero-order chi connectivity index (χ0) is 37.2. The summed E-state index contributed by atoms with van der Waals surface area (Å²) in [7, 11) is 0. The van der Waals surface area contributed by atoms with Crippen LogP contribution in [-0.4, -0.2) is 0 Å². The molecule has 0 heterocycles. The van der Waals surface area contributed by atoms with Crippen molar-refractivity contribution in [3.05, 3.63) is 164 Å². The van der Waals surface area contributed by atoms with Crippen LogP contribution in [0.3, 0.4) is 0 Å². The van der Waals surface area contributed by atoms with Crippen LogP contribution in [0, 0.1) is 6.92 Å². The Morgan fingerprint density at radius 3 is 1.63 bits per heavy atom. The molecule has 0 spiro atoms. The van der Waals surface area contributed by atoms with E-state index in [1.54, 1.807) is 0 Å². The number of aryl methyl sites for hydroxylation is 1. The van der Waals surface area contributed by atoms with Crippen LogP contribution in [0.1, 0.15) is 144 Å². The predicted octanol–water partition coefficient (Wildman–Crippen LogP) is 14.9. The van der Waals surface area contributed by atoms with Crippen molar-refractivity contribution in [3.8, 4) is 22.3 Å². The second-order valence-electron chi connectivity index (χ2n) is 18.0. The number of hydrogen-bond donors (Lipinski definition) is 0. The molecule has 0 fully saturated rings. The van der Waals surface area contributed by atoms with Gasteiger partial charge in [0.05, 0.1) is 5.41 Å². The molecule has 0 saturated heterocycles. The predicted molar refractivity (Wildman–Crippen MR) is 228 cm³/mol. The minimum absolute atomic E-state index is 0.0695. The maximum Gasteiger partial charge on any atom is 0.0714 e. The third-order valence-electron chi connectivity index (χ3n) is 12.4. The highest BCUT2D eigenvalue weighted by Gasteiger charge is 2.50. The standard InChI is InChI=1S/C51H57Br/c1-11-12-13-14-15-16-34(3)50(10)44-29-33(2)17-27-40(44)42-32-47-43(31-45(42)50)41-28-26-39(52)30-46(41)51(47,37-22-18-35(19-23-37)48(4,5)6)38-24-20-36(21-25-38)49(7,8)9/h17-32H,3,11-16H2,1-2,4-10H3. The second kappa shape index (κ2) is 13.3. The van der Waals surface area contributed by atoms with Gasteiger partial charge in [-0.05, 0) is 129 Å². The van der Waals surface area contributed by atoms with Gasteiger partial charge in [0.2, 0.25) is 0 Å². The monoisotopic (exact) mass is 748 g/mol. The van der Waals surface area contributed by atoms with Crippen molar-refractivity contribution in [3.63, 3.8) is 0 Å². The lowest BCUT2D eigenvalue weighted by atomic mass is 9.66. The molecule has 0 saturated carbocycles. The van der Waals surface area contributed by atoms with Crippen LogP contribution < -0.4 is 0 Å². The molecule has 1 atom stereocenters. The van der Waals surface area contributed by atoms with Gasteiger partial charge in [0, 0.05) is 9.89 Å². The molecule has 1 unspecified atom stereocenters. The van der Waals surface area contributed by atoms with Gasteiger partial charge in [-0.15, -0.1) is 0 Å². The zero-order valence-corrected chi connectivity index (χ0v) is 34.7. The van der Waals surface area contributed by atoms with Gasteiger partial charge < -0.3 is 0 Å². The summed E-state index contributed by atoms with van der Waals surface area (Å²) >= 11 is 3.93. The van der Waals surface area contributed by atoms with Crippen LogP contribution in [0.2, 0.25) is 0 Å². The van der Waals surface area contributed by atoms with Gasteiger partial charge in [0.25, 0.3) is 0 Å². The average Bonchev–Trinajstić information content (AvgIpc) is 3.52. The first-order chi connectivity index (χ1) is 24.6. The van der Waals surface area contributed by atoms with E-state index >= 15 is 0 Å². The smallest absolute Gasteiger partial charge is 0.0714 e. The van der Waals surface area contributed by atoms with Crippen molar-refractivity contribution < 1.29 is 0 Å². The lowest BCUT2D eigenvalue weighted by Gasteiger charge is -2.35. The van der Waals surface area contributed by atoms with Gasteiger partial charge in [0.1, 0.15) is 0 Å². The lowest BCUT2D eigenvalue weighted by molar-refractivity contribution is 0.588. The Labute approximate surface area is 322 Å². The van der Waals surface area contributed by atoms with Crippen molar-refractivity contribution in [2.75, 3.05) is 0 Å². The summed E-state index contributed by atoms with van der Waals surface area (Å²) < 4.78 is 1.11. The summed E-state index contributed by atoms with van der Waals surface area (Å²) in [4.78, 5) is 0. The molecule has 5 aromatic carbocycles. The molecular formula is C51H57Br. The van der Waals surface area contributed by atoms with Gasteiger partial charge >= 0.3 is 0 Å². The summed E-state index contributed by atoms with van der Waals surface area (Å²) in [5.74, 6) is 0. The third-order valence-corrected chi connectivity index (χ3v) is 12.9. The molecule has 0 amide bonds. The molecule has 5 aromatic rings. The van der Waals surface area contributed by atoms with Crippen LogP contribution >= 0.6 is 15.9 Å². The van der Waals surface area contributed by atoms with E-state index in [0.717, 1.165) is 10.9 Å². The summed E-state index contributed by atoms with van der Waals surface area (Å²) in [6.45, 7) is 25.7. The van der Waals surface area contributed by atoms with Gasteiger partial charge in [-0.25, -0.2) is 0 Å². The maximum absolute atomic E-state index is 4.88. The minimum Gasteiger partial charge on any atom is -0.0986 e. The molecule has 0 N–H and O–H groups in total. The van der Waals surface area contributed by atoms with Gasteiger partial charge in [-0.2, -0.15) is 0 Å². The van der Waals surface area contributed by atoms with Crippen molar-refractivity contribution in [2.45, 2.75) is 122 Å². The summed E-state index contributed by atoms with van der Waals surface area (Å²) in [5.41, 5.74) is 18.3. The SMILES string of the molecule is C=C(CCCCCCC)C1(C)c2cc(C)ccc2-c2cc3c(cc21)-c1ccc(Br)cc1C3(c1ccc(C(C)(C)C)cc1)c1ccc(C(C)(C)C)cc1. The van der Waals surface area contributed by atoms with Crippen LogP contribution in [-0.2, 0) is 21.7 Å². The Balaban J connectivity index is 1.51. The third kappa shape index (κ3) is 5.87. The molecule has 0 aliphatic heterocycles. The summed E-state index contributed by atoms with van der Waals surface area (Å²) in [6, 6.07) is 38.3. The molecule has 0 bridgehead atoms. The van der Waals surface area contributed by atoms with Gasteiger partial charge in [0.15, 0.2) is 0 Å². The van der Waals surface area contributed by atoms with Crippen LogP contribution in [0.4, 0.5) is 0 Å². The molecule has 2 aliphatic carbocycles. The minimum atomic E-state index is -0.490. The van der Waals surface area contributed by atoms with Crippen molar-refractivity contribution in [2.24, 2.45) is 0 Å². The van der Waals surface area contributed by atoms with Crippen LogP contribution in [0.25, 0.3) is 22.3 Å². The highest BCUT2D eigenvalue weighted by Crippen LogP contribution is 2.61. The first kappa shape index (κ1) is 36.7. The topological polar surface area (TPSA) is 0 Å². The van der Waals surface area contributed by atoms with E-state index in [2.05, 4.69) is 175 Å². The quantitative estimate of drug-likeness (QED) is 0.102. The molecule has 0 radical (unpaired) electrons. The maximum atomic E-state index is 4.88. The Hall–Kier alpha value is -3.68. The molecule has 0 aromatic heterocycles. The first-order valence-corrected chi connectivity index (χ1v) is 20.4. The van der Waals surface area contributed by atoms with Crippen molar-refractivity contribution >= 4 is 15.9 Å². The average molecular weight is 750 g/mol. The normalized spacial score (nSPS) is 17.0. The van der Waals surface area contributed by atoms with Gasteiger partial charge in [-0.1, -0.05) is 181 Å². The number of benzene rings is 5. The number of allylic oxidation sites excluding steroid dienone is 1. The van der Waals surface area contributed by atoms with Crippen LogP contribution in [0.15, 0.2) is 114 Å². The first-order valence-electron chi connectivity index (χ1n) is 19.6. The Morgan fingerprint density at radius 1 is 0.577 bits per heavy atom. The lowest BCUT2D eigenvalue weighted by Crippen LogP contribution is -2.29. The van der Waals surface area contributed by atoms with E-state index in [9.17, 15) is 0 Å². The summed E-state index contributed by atoms with van der Waals surface area (Å²) in [5, 5.41) is 0.